The van der Waals surface area contributed by atoms with Crippen LogP contribution in [0.4, 0.5) is 0 Å². The maximum Gasteiger partial charge on any atom is 0.326 e. The highest BCUT2D eigenvalue weighted by Crippen LogP contribution is 2.21. The van der Waals surface area contributed by atoms with Crippen LogP contribution in [0.25, 0.3) is 21.8 Å². The molecule has 19 heteroatoms. The van der Waals surface area contributed by atoms with Crippen LogP contribution >= 0.6 is 12.6 Å². The monoisotopic (exact) mass is 905 g/mol. The third kappa shape index (κ3) is 13.1. The van der Waals surface area contributed by atoms with Crippen molar-refractivity contribution in [2.24, 2.45) is 11.5 Å². The predicted octanol–water partition coefficient (Wildman–Crippen LogP) is 1.54. The lowest BCUT2D eigenvalue weighted by Crippen LogP contribution is -2.60. The molecular formula is C46H55N11O7S. The molecule has 0 spiro atoms. The lowest BCUT2D eigenvalue weighted by atomic mass is 10.0. The van der Waals surface area contributed by atoms with E-state index in [1.165, 1.54) is 6.33 Å². The molecule has 3 aromatic carbocycles. The van der Waals surface area contributed by atoms with E-state index in [1.54, 1.807) is 48.9 Å². The fraction of sp³-hybridized carbons (Fsp3) is 0.326. The van der Waals surface area contributed by atoms with Gasteiger partial charge in [0.05, 0.1) is 18.1 Å². The summed E-state index contributed by atoms with van der Waals surface area (Å²) in [6, 6.07) is 16.4. The minimum Gasteiger partial charge on any atom is -0.480 e. The Morgan fingerprint density at radius 1 is 0.600 bits per heavy atom. The normalized spacial score (nSPS) is 14.1. The zero-order chi connectivity index (χ0) is 46.3. The highest BCUT2D eigenvalue weighted by molar-refractivity contribution is 7.80. The third-order valence-electron chi connectivity index (χ3n) is 11.1. The van der Waals surface area contributed by atoms with E-state index in [4.69, 9.17) is 11.5 Å². The topological polar surface area (TPSA) is 295 Å². The minimum atomic E-state index is -1.36. The first-order valence-electron chi connectivity index (χ1n) is 21.4. The molecule has 13 N–H and O–H groups in total. The number of fused-ring (bicyclic) bond motifs is 2. The standard InChI is InChI=1S/C46H55N11O7S/c47-17-9-8-16-36(53-45(62)40(25-65)57-41(58)33(48)21-30-24-49-26-52-30)42(59)54-37(18-27-10-2-1-3-11-27)43(60)55-38(19-28-22-50-34-14-6-4-12-31(28)34)44(61)56-39(46(63)64)20-29-23-51-35-15-7-5-13-32(29)35/h1-7,10-15,22-24,26,33,36-40,50-51,65H,8-9,16-21,25,47-48H2,(H,49,52)(H,53,62)(H,54,59)(H,55,60)(H,56,61)(H,57,58)(H,63,64)/t33-,36-,37-,38-,39-,40-/m0/s1. The number of carboxylic acid groups (broad SMARTS) is 1. The fourth-order valence-corrected chi connectivity index (χ4v) is 7.81. The van der Waals surface area contributed by atoms with E-state index < -0.39 is 71.8 Å². The number of unbranched alkanes of at least 4 members (excludes halogenated alkanes) is 1. The van der Waals surface area contributed by atoms with Crippen molar-refractivity contribution in [3.8, 4) is 0 Å². The van der Waals surface area contributed by atoms with Crippen LogP contribution in [0.3, 0.4) is 0 Å². The van der Waals surface area contributed by atoms with Crippen LogP contribution in [0, 0.1) is 0 Å². The average molecular weight is 906 g/mol. The number of rotatable bonds is 24. The van der Waals surface area contributed by atoms with Gasteiger partial charge in [0.2, 0.25) is 29.5 Å². The van der Waals surface area contributed by atoms with Crippen LogP contribution in [-0.4, -0.2) is 109 Å². The number of para-hydroxylation sites is 2. The second-order valence-corrected chi connectivity index (χ2v) is 16.2. The van der Waals surface area contributed by atoms with Crippen molar-refractivity contribution >= 4 is 69.9 Å². The van der Waals surface area contributed by atoms with Gasteiger partial charge in [-0.2, -0.15) is 12.6 Å². The van der Waals surface area contributed by atoms with Crippen molar-refractivity contribution in [1.82, 2.24) is 46.5 Å². The number of carbonyl (C=O) groups excluding carboxylic acids is 5. The van der Waals surface area contributed by atoms with Gasteiger partial charge in [-0.1, -0.05) is 66.7 Å². The quantitative estimate of drug-likeness (QED) is 0.0307. The van der Waals surface area contributed by atoms with Crippen molar-refractivity contribution in [3.05, 3.63) is 126 Å². The number of carbonyl (C=O) groups is 6. The van der Waals surface area contributed by atoms with Gasteiger partial charge in [0.1, 0.15) is 30.2 Å². The van der Waals surface area contributed by atoms with E-state index in [9.17, 15) is 33.9 Å². The summed E-state index contributed by atoms with van der Waals surface area (Å²) in [7, 11) is 0. The summed E-state index contributed by atoms with van der Waals surface area (Å²) >= 11 is 4.28. The Hall–Kier alpha value is -6.96. The number of aliphatic carboxylic acids is 1. The smallest absolute Gasteiger partial charge is 0.326 e. The van der Waals surface area contributed by atoms with Crippen LogP contribution in [0.5, 0.6) is 0 Å². The summed E-state index contributed by atoms with van der Waals surface area (Å²) in [4.78, 5) is 95.6. The average Bonchev–Trinajstić information content (AvgIpc) is 4.08. The summed E-state index contributed by atoms with van der Waals surface area (Å²) in [6.45, 7) is 0.328. The van der Waals surface area contributed by atoms with E-state index in [0.29, 0.717) is 41.8 Å². The zero-order valence-corrected chi connectivity index (χ0v) is 36.5. The third-order valence-corrected chi connectivity index (χ3v) is 11.4. The molecule has 0 aliphatic rings. The Morgan fingerprint density at radius 3 is 1.68 bits per heavy atom. The second-order valence-electron chi connectivity index (χ2n) is 15.8. The molecular weight excluding hydrogens is 851 g/mol. The second kappa shape index (κ2) is 23.1. The van der Waals surface area contributed by atoms with Crippen LogP contribution < -0.4 is 38.1 Å². The molecule has 0 unspecified atom stereocenters. The number of nitrogens with one attached hydrogen (secondary N) is 8. The van der Waals surface area contributed by atoms with Crippen LogP contribution in [0.1, 0.15) is 41.6 Å². The highest BCUT2D eigenvalue weighted by atomic mass is 32.1. The highest BCUT2D eigenvalue weighted by Gasteiger charge is 2.33. The van der Waals surface area contributed by atoms with Crippen LogP contribution in [0.15, 0.2) is 104 Å². The largest absolute Gasteiger partial charge is 0.480 e. The number of hydrogen-bond acceptors (Lipinski definition) is 10. The molecule has 0 saturated carbocycles. The van der Waals surface area contributed by atoms with E-state index in [2.05, 4.69) is 59.1 Å². The van der Waals surface area contributed by atoms with Crippen LogP contribution in [-0.2, 0) is 54.5 Å². The lowest BCUT2D eigenvalue weighted by Gasteiger charge is -2.27. The summed E-state index contributed by atoms with van der Waals surface area (Å²) in [6.07, 6.45) is 7.62. The van der Waals surface area contributed by atoms with Gasteiger partial charge in [0.25, 0.3) is 0 Å². The number of hydrogen-bond donors (Lipinski definition) is 12. The molecule has 0 bridgehead atoms. The van der Waals surface area contributed by atoms with E-state index in [-0.39, 0.29) is 37.9 Å². The number of carboxylic acids is 1. The first kappa shape index (κ1) is 47.5. The van der Waals surface area contributed by atoms with E-state index >= 15 is 0 Å². The van der Waals surface area contributed by atoms with Crippen LogP contribution in [0.2, 0.25) is 0 Å². The van der Waals surface area contributed by atoms with Crippen molar-refractivity contribution in [3.63, 3.8) is 0 Å². The molecule has 0 saturated heterocycles. The number of nitrogens with zero attached hydrogens (tertiary/aromatic N) is 1. The summed E-state index contributed by atoms with van der Waals surface area (Å²) in [5.74, 6) is -4.89. The molecule has 0 radical (unpaired) electrons. The van der Waals surface area contributed by atoms with Gasteiger partial charge >= 0.3 is 5.97 Å². The molecule has 6 aromatic rings. The molecule has 65 heavy (non-hydrogen) atoms. The van der Waals surface area contributed by atoms with Gasteiger partial charge < -0.3 is 58.1 Å². The summed E-state index contributed by atoms with van der Waals surface area (Å²) in [5.41, 5.74) is 16.1. The molecule has 342 valence electrons. The molecule has 6 rings (SSSR count). The summed E-state index contributed by atoms with van der Waals surface area (Å²) < 4.78 is 0. The lowest BCUT2D eigenvalue weighted by molar-refractivity contribution is -0.142. The van der Waals surface area contributed by atoms with Crippen molar-refractivity contribution in [2.45, 2.75) is 81.2 Å². The molecule has 0 fully saturated rings. The number of nitrogens with two attached hydrogens (primary N) is 2. The van der Waals surface area contributed by atoms with E-state index in [1.807, 2.05) is 48.5 Å². The van der Waals surface area contributed by atoms with Gasteiger partial charge in [0, 0.05) is 71.8 Å². The first-order valence-corrected chi connectivity index (χ1v) is 22.0. The van der Waals surface area contributed by atoms with Crippen molar-refractivity contribution < 1.29 is 33.9 Å². The number of H-pyrrole nitrogens is 3. The Kier molecular flexibility index (Phi) is 16.9. The van der Waals surface area contributed by atoms with Gasteiger partial charge in [-0.3, -0.25) is 24.0 Å². The fourth-order valence-electron chi connectivity index (χ4n) is 7.55. The van der Waals surface area contributed by atoms with Gasteiger partial charge in [0.15, 0.2) is 0 Å². The molecule has 3 aromatic heterocycles. The molecule has 0 aliphatic carbocycles. The first-order chi connectivity index (χ1) is 31.4. The SMILES string of the molecule is NCCCC[C@H](NC(=O)[C@H](CS)NC(=O)[C@@H](N)Cc1c[nH]cn1)C(=O)N[C@@H](Cc1ccccc1)C(=O)N[C@@H](Cc1c[nH]c2ccccc12)C(=O)N[C@@H](Cc1c[nH]c2ccccc12)C(=O)O. The molecule has 18 nitrogen and oxygen atoms in total. The molecule has 5 amide bonds. The maximum atomic E-state index is 14.6. The number of thiol groups is 1. The van der Waals surface area contributed by atoms with Crippen molar-refractivity contribution in [1.29, 1.82) is 0 Å². The number of amides is 5. The van der Waals surface area contributed by atoms with Crippen molar-refractivity contribution in [2.75, 3.05) is 12.3 Å². The van der Waals surface area contributed by atoms with Gasteiger partial charge in [-0.25, -0.2) is 9.78 Å². The summed E-state index contributed by atoms with van der Waals surface area (Å²) in [5, 5.41) is 25.6. The number of imidazole rings is 1. The number of aromatic nitrogens is 4. The zero-order valence-electron chi connectivity index (χ0n) is 35.6. The Morgan fingerprint density at radius 2 is 1.11 bits per heavy atom. The Labute approximate surface area is 380 Å². The predicted molar refractivity (Wildman–Crippen MR) is 248 cm³/mol. The maximum absolute atomic E-state index is 14.6. The molecule has 0 aliphatic heterocycles. The number of aromatic amines is 3. The van der Waals surface area contributed by atoms with E-state index in [0.717, 1.165) is 21.8 Å². The molecule has 3 heterocycles. The van der Waals surface area contributed by atoms with Gasteiger partial charge in [-0.05, 0) is 54.6 Å². The van der Waals surface area contributed by atoms with Gasteiger partial charge in [-0.15, -0.1) is 0 Å². The minimum absolute atomic E-state index is 0.00910. The number of benzene rings is 3. The Balaban J connectivity index is 1.23. The Bertz CT molecular complexity index is 2550. The molecule has 6 atom stereocenters.